The maximum Gasteiger partial charge on any atom is 0.256 e. The normalized spacial score (nSPS) is 10.5. The number of hydrogen-bond acceptors (Lipinski definition) is 3. The van der Waals surface area contributed by atoms with E-state index in [2.05, 4.69) is 27.3 Å². The number of anilines is 1. The Balaban J connectivity index is 2.04. The Hall–Kier alpha value is -2.16. The van der Waals surface area contributed by atoms with Gasteiger partial charge in [0, 0.05) is 14.9 Å². The van der Waals surface area contributed by atoms with Crippen molar-refractivity contribution in [2.24, 2.45) is 0 Å². The number of nitriles is 1. The third-order valence-corrected chi connectivity index (χ3v) is 5.65. The molecular weight excluding hydrogens is 372 g/mol. The highest BCUT2D eigenvalue weighted by molar-refractivity contribution is 9.10. The van der Waals surface area contributed by atoms with Crippen molar-refractivity contribution in [2.75, 3.05) is 5.32 Å². The molecule has 0 saturated carbocycles. The first-order valence-electron chi connectivity index (χ1n) is 7.01. The smallest absolute Gasteiger partial charge is 0.256 e. The number of thiophene rings is 1. The zero-order valence-corrected chi connectivity index (χ0v) is 15.0. The lowest BCUT2D eigenvalue weighted by atomic mass is 10.0. The van der Waals surface area contributed by atoms with Crippen LogP contribution in [0.25, 0.3) is 10.8 Å². The fraction of sp³-hybridized carbons (Fsp3) is 0.111. The molecule has 0 spiro atoms. The SMILES string of the molecule is Cc1sc(NC(=O)c2cccc3c(Br)cccc23)c(C#N)c1C. The van der Waals surface area contributed by atoms with Gasteiger partial charge in [-0.05, 0) is 42.3 Å². The van der Waals surface area contributed by atoms with Gasteiger partial charge in [0.1, 0.15) is 11.1 Å². The average molecular weight is 385 g/mol. The summed E-state index contributed by atoms with van der Waals surface area (Å²) >= 11 is 4.94. The van der Waals surface area contributed by atoms with Gasteiger partial charge in [0.2, 0.25) is 0 Å². The molecule has 1 heterocycles. The van der Waals surface area contributed by atoms with Crippen LogP contribution in [0.4, 0.5) is 5.00 Å². The van der Waals surface area contributed by atoms with Gasteiger partial charge in [-0.25, -0.2) is 0 Å². The molecule has 3 nitrogen and oxygen atoms in total. The van der Waals surface area contributed by atoms with Crippen LogP contribution in [0.5, 0.6) is 0 Å². The van der Waals surface area contributed by atoms with Crippen molar-refractivity contribution in [1.29, 1.82) is 5.26 Å². The number of nitrogens with one attached hydrogen (secondary N) is 1. The number of fused-ring (bicyclic) bond motifs is 1. The molecule has 1 amide bonds. The number of amides is 1. The molecule has 1 aromatic heterocycles. The van der Waals surface area contributed by atoms with E-state index in [1.165, 1.54) is 11.3 Å². The van der Waals surface area contributed by atoms with Crippen LogP contribution in [0.3, 0.4) is 0 Å². The van der Waals surface area contributed by atoms with Crippen LogP contribution in [0, 0.1) is 25.2 Å². The monoisotopic (exact) mass is 384 g/mol. The van der Waals surface area contributed by atoms with E-state index in [9.17, 15) is 10.1 Å². The summed E-state index contributed by atoms with van der Waals surface area (Å²) in [6.45, 7) is 3.85. The van der Waals surface area contributed by atoms with Crippen LogP contribution >= 0.6 is 27.3 Å². The van der Waals surface area contributed by atoms with Gasteiger partial charge in [-0.1, -0.05) is 40.2 Å². The molecule has 1 N–H and O–H groups in total. The fourth-order valence-electron chi connectivity index (χ4n) is 2.49. The van der Waals surface area contributed by atoms with E-state index >= 15 is 0 Å². The van der Waals surface area contributed by atoms with Gasteiger partial charge < -0.3 is 5.32 Å². The summed E-state index contributed by atoms with van der Waals surface area (Å²) in [4.78, 5) is 13.7. The van der Waals surface area contributed by atoms with Crippen LogP contribution in [0.1, 0.15) is 26.4 Å². The predicted molar refractivity (Wildman–Crippen MR) is 98.1 cm³/mol. The van der Waals surface area contributed by atoms with Crippen molar-refractivity contribution in [1.82, 2.24) is 0 Å². The number of carbonyl (C=O) groups excluding carboxylic acids is 1. The lowest BCUT2D eigenvalue weighted by Crippen LogP contribution is -2.12. The number of aryl methyl sites for hydroxylation is 1. The number of halogens is 1. The second-order valence-electron chi connectivity index (χ2n) is 5.19. The molecule has 3 aromatic rings. The molecule has 0 aliphatic carbocycles. The minimum Gasteiger partial charge on any atom is -0.312 e. The lowest BCUT2D eigenvalue weighted by molar-refractivity contribution is 0.102. The first-order chi connectivity index (χ1) is 11.0. The maximum atomic E-state index is 12.7. The standard InChI is InChI=1S/C18H13BrN2OS/c1-10-11(2)23-18(15(10)9-20)21-17(22)14-7-3-6-13-12(14)5-4-8-16(13)19/h3-8H,1-2H3,(H,21,22). The largest absolute Gasteiger partial charge is 0.312 e. The second kappa shape index (κ2) is 6.15. The molecule has 0 saturated heterocycles. The molecule has 0 aliphatic rings. The first kappa shape index (κ1) is 15.7. The molecular formula is C18H13BrN2OS. The molecule has 0 fully saturated rings. The van der Waals surface area contributed by atoms with Crippen molar-refractivity contribution >= 4 is 48.9 Å². The second-order valence-corrected chi connectivity index (χ2v) is 7.27. The fourth-order valence-corrected chi connectivity index (χ4v) is 3.99. The quantitative estimate of drug-likeness (QED) is 0.642. The number of carbonyl (C=O) groups is 1. The van der Waals surface area contributed by atoms with Crippen LogP contribution < -0.4 is 5.32 Å². The number of benzene rings is 2. The summed E-state index contributed by atoms with van der Waals surface area (Å²) in [6.07, 6.45) is 0. The highest BCUT2D eigenvalue weighted by Gasteiger charge is 2.17. The summed E-state index contributed by atoms with van der Waals surface area (Å²) in [7, 11) is 0. The van der Waals surface area contributed by atoms with Crippen molar-refractivity contribution in [3.05, 3.63) is 62.4 Å². The van der Waals surface area contributed by atoms with Gasteiger partial charge in [-0.2, -0.15) is 5.26 Å². The lowest BCUT2D eigenvalue weighted by Gasteiger charge is -2.08. The Morgan fingerprint density at radius 2 is 1.87 bits per heavy atom. The summed E-state index contributed by atoms with van der Waals surface area (Å²) < 4.78 is 0.949. The molecule has 3 rings (SSSR count). The van der Waals surface area contributed by atoms with Crippen LogP contribution in [0.2, 0.25) is 0 Å². The van der Waals surface area contributed by atoms with E-state index in [1.807, 2.05) is 44.2 Å². The van der Waals surface area contributed by atoms with E-state index in [4.69, 9.17) is 0 Å². The Bertz CT molecular complexity index is 969. The van der Waals surface area contributed by atoms with E-state index in [1.54, 1.807) is 6.07 Å². The summed E-state index contributed by atoms with van der Waals surface area (Å²) in [5, 5.41) is 14.7. The van der Waals surface area contributed by atoms with Gasteiger partial charge in [0.05, 0.1) is 5.56 Å². The molecule has 0 bridgehead atoms. The van der Waals surface area contributed by atoms with Crippen molar-refractivity contribution in [2.45, 2.75) is 13.8 Å². The maximum absolute atomic E-state index is 12.7. The molecule has 0 atom stereocenters. The Morgan fingerprint density at radius 1 is 1.17 bits per heavy atom. The minimum atomic E-state index is -0.202. The molecule has 0 radical (unpaired) electrons. The first-order valence-corrected chi connectivity index (χ1v) is 8.62. The van der Waals surface area contributed by atoms with Gasteiger partial charge in [-0.3, -0.25) is 4.79 Å². The molecule has 5 heteroatoms. The average Bonchev–Trinajstić information content (AvgIpc) is 2.81. The molecule has 23 heavy (non-hydrogen) atoms. The van der Waals surface area contributed by atoms with Gasteiger partial charge >= 0.3 is 0 Å². The van der Waals surface area contributed by atoms with E-state index < -0.39 is 0 Å². The number of hydrogen-bond donors (Lipinski definition) is 1. The molecule has 2 aromatic carbocycles. The third-order valence-electron chi connectivity index (χ3n) is 3.84. The summed E-state index contributed by atoms with van der Waals surface area (Å²) in [5.74, 6) is -0.202. The van der Waals surface area contributed by atoms with Gasteiger partial charge in [0.25, 0.3) is 5.91 Å². The van der Waals surface area contributed by atoms with Crippen LogP contribution in [-0.4, -0.2) is 5.91 Å². The summed E-state index contributed by atoms with van der Waals surface area (Å²) in [6, 6.07) is 13.6. The predicted octanol–water partition coefficient (Wildman–Crippen LogP) is 5.40. The molecule has 0 aliphatic heterocycles. The minimum absolute atomic E-state index is 0.202. The Kier molecular flexibility index (Phi) is 4.20. The number of rotatable bonds is 2. The summed E-state index contributed by atoms with van der Waals surface area (Å²) in [5.41, 5.74) is 2.06. The van der Waals surface area contributed by atoms with Crippen LogP contribution in [0.15, 0.2) is 40.9 Å². The topological polar surface area (TPSA) is 52.9 Å². The van der Waals surface area contributed by atoms with E-state index in [0.717, 1.165) is 25.7 Å². The Labute approximate surface area is 146 Å². The van der Waals surface area contributed by atoms with E-state index in [-0.39, 0.29) is 5.91 Å². The number of nitrogens with zero attached hydrogens (tertiary/aromatic N) is 1. The van der Waals surface area contributed by atoms with E-state index in [0.29, 0.717) is 16.1 Å². The molecule has 0 unspecified atom stereocenters. The van der Waals surface area contributed by atoms with Crippen molar-refractivity contribution in [3.63, 3.8) is 0 Å². The van der Waals surface area contributed by atoms with Gasteiger partial charge in [-0.15, -0.1) is 11.3 Å². The zero-order chi connectivity index (χ0) is 16.6. The molecule has 114 valence electrons. The van der Waals surface area contributed by atoms with Crippen LogP contribution in [-0.2, 0) is 0 Å². The van der Waals surface area contributed by atoms with Gasteiger partial charge in [0.15, 0.2) is 0 Å². The van der Waals surface area contributed by atoms with Crippen molar-refractivity contribution in [3.8, 4) is 6.07 Å². The highest BCUT2D eigenvalue weighted by atomic mass is 79.9. The third kappa shape index (κ3) is 2.76. The highest BCUT2D eigenvalue weighted by Crippen LogP contribution is 2.33. The zero-order valence-electron chi connectivity index (χ0n) is 12.6. The Morgan fingerprint density at radius 3 is 2.61 bits per heavy atom. The van der Waals surface area contributed by atoms with Crippen molar-refractivity contribution < 1.29 is 4.79 Å².